The minimum Gasteiger partial charge on any atom is -0.278 e. The maximum absolute atomic E-state index is 12.4. The highest BCUT2D eigenvalue weighted by molar-refractivity contribution is 7.99. The maximum Gasteiger partial charge on any atom is 0.261 e. The average molecular weight is 372 g/mol. The number of para-hydroxylation sites is 1. The summed E-state index contributed by atoms with van der Waals surface area (Å²) in [7, 11) is -7.13. The molecular formula is C15H17NO4S3. The number of rotatable bonds is 6. The highest BCUT2D eigenvalue weighted by Crippen LogP contribution is 2.28. The van der Waals surface area contributed by atoms with Crippen LogP contribution in [-0.2, 0) is 19.9 Å². The van der Waals surface area contributed by atoms with Crippen LogP contribution in [0.1, 0.15) is 6.92 Å². The summed E-state index contributed by atoms with van der Waals surface area (Å²) < 4.78 is 50.3. The van der Waals surface area contributed by atoms with Gasteiger partial charge in [0, 0.05) is 11.2 Å². The van der Waals surface area contributed by atoms with E-state index in [1.807, 2.05) is 19.1 Å². The van der Waals surface area contributed by atoms with Crippen LogP contribution in [0.4, 0.5) is 5.69 Å². The molecule has 8 heteroatoms. The van der Waals surface area contributed by atoms with Crippen molar-refractivity contribution >= 4 is 37.3 Å². The predicted octanol–water partition coefficient (Wildman–Crippen LogP) is 3.00. The second kappa shape index (κ2) is 6.94. The second-order valence-corrected chi connectivity index (χ2v) is 9.78. The van der Waals surface area contributed by atoms with Gasteiger partial charge in [-0.15, -0.1) is 11.8 Å². The van der Waals surface area contributed by atoms with E-state index in [2.05, 4.69) is 4.72 Å². The van der Waals surface area contributed by atoms with Crippen LogP contribution in [0.2, 0.25) is 0 Å². The molecule has 2 rings (SSSR count). The fraction of sp³-hybridized carbons (Fsp3) is 0.200. The number of hydrogen-bond donors (Lipinski definition) is 1. The number of benzene rings is 2. The van der Waals surface area contributed by atoms with Crippen molar-refractivity contribution in [3.8, 4) is 0 Å². The fourth-order valence-corrected chi connectivity index (χ4v) is 4.44. The largest absolute Gasteiger partial charge is 0.278 e. The van der Waals surface area contributed by atoms with Crippen LogP contribution in [0.15, 0.2) is 63.2 Å². The molecule has 0 radical (unpaired) electrons. The molecule has 5 nitrogen and oxygen atoms in total. The van der Waals surface area contributed by atoms with Gasteiger partial charge in [-0.25, -0.2) is 16.8 Å². The summed E-state index contributed by atoms with van der Waals surface area (Å²) in [6.45, 7) is 1.99. The first-order valence-corrected chi connectivity index (χ1v) is 11.1. The first kappa shape index (κ1) is 17.8. The lowest BCUT2D eigenvalue weighted by Gasteiger charge is -2.12. The number of nitrogens with one attached hydrogen (secondary N) is 1. The van der Waals surface area contributed by atoms with Crippen molar-refractivity contribution in [2.24, 2.45) is 0 Å². The normalized spacial score (nSPS) is 12.1. The highest BCUT2D eigenvalue weighted by Gasteiger charge is 2.17. The molecule has 0 saturated carbocycles. The molecule has 0 saturated heterocycles. The monoisotopic (exact) mass is 371 g/mol. The quantitative estimate of drug-likeness (QED) is 0.790. The van der Waals surface area contributed by atoms with Gasteiger partial charge in [-0.1, -0.05) is 19.1 Å². The Balaban J connectivity index is 2.33. The molecule has 0 aromatic heterocycles. The molecule has 0 aliphatic carbocycles. The van der Waals surface area contributed by atoms with Crippen molar-refractivity contribution in [3.05, 3.63) is 48.5 Å². The van der Waals surface area contributed by atoms with Gasteiger partial charge >= 0.3 is 0 Å². The fourth-order valence-electron chi connectivity index (χ4n) is 1.90. The Morgan fingerprint density at radius 1 is 0.913 bits per heavy atom. The summed E-state index contributed by atoms with van der Waals surface area (Å²) >= 11 is 1.54. The molecule has 0 amide bonds. The van der Waals surface area contributed by atoms with Crippen molar-refractivity contribution in [3.63, 3.8) is 0 Å². The van der Waals surface area contributed by atoms with Crippen LogP contribution >= 0.6 is 11.8 Å². The SMILES string of the molecule is CCSc1ccccc1NS(=O)(=O)c1ccc(S(C)(=O)=O)cc1. The van der Waals surface area contributed by atoms with Gasteiger partial charge in [0.1, 0.15) is 0 Å². The number of sulfone groups is 1. The maximum atomic E-state index is 12.4. The zero-order valence-corrected chi connectivity index (χ0v) is 15.1. The Morgan fingerprint density at radius 2 is 1.48 bits per heavy atom. The molecule has 0 bridgehead atoms. The Labute approximate surface area is 141 Å². The Hall–Kier alpha value is -1.51. The van der Waals surface area contributed by atoms with Gasteiger partial charge in [0.25, 0.3) is 10.0 Å². The number of thioether (sulfide) groups is 1. The summed E-state index contributed by atoms with van der Waals surface area (Å²) in [6.07, 6.45) is 1.08. The number of hydrogen-bond acceptors (Lipinski definition) is 5. The van der Waals surface area contributed by atoms with E-state index < -0.39 is 19.9 Å². The smallest absolute Gasteiger partial charge is 0.261 e. The van der Waals surface area contributed by atoms with Crippen molar-refractivity contribution < 1.29 is 16.8 Å². The Bertz CT molecular complexity index is 889. The van der Waals surface area contributed by atoms with Gasteiger partial charge in [0.05, 0.1) is 15.5 Å². The lowest BCUT2D eigenvalue weighted by molar-refractivity contribution is 0.597. The van der Waals surface area contributed by atoms with E-state index in [0.29, 0.717) is 5.69 Å². The van der Waals surface area contributed by atoms with Gasteiger partial charge < -0.3 is 0 Å². The van der Waals surface area contributed by atoms with Crippen LogP contribution in [0.3, 0.4) is 0 Å². The molecule has 0 fully saturated rings. The van der Waals surface area contributed by atoms with Crippen molar-refractivity contribution in [2.75, 3.05) is 16.7 Å². The van der Waals surface area contributed by atoms with E-state index in [0.717, 1.165) is 16.9 Å². The molecule has 124 valence electrons. The minimum atomic E-state index is -3.77. The van der Waals surface area contributed by atoms with E-state index >= 15 is 0 Å². The lowest BCUT2D eigenvalue weighted by atomic mass is 10.3. The molecule has 1 N–H and O–H groups in total. The molecule has 2 aromatic carbocycles. The van der Waals surface area contributed by atoms with E-state index in [1.165, 1.54) is 36.0 Å². The first-order valence-electron chi connectivity index (χ1n) is 6.79. The van der Waals surface area contributed by atoms with Crippen LogP contribution < -0.4 is 4.72 Å². The minimum absolute atomic E-state index is 0.0150. The number of anilines is 1. The summed E-state index contributed by atoms with van der Waals surface area (Å²) in [5.74, 6) is 0.821. The third-order valence-electron chi connectivity index (χ3n) is 2.99. The van der Waals surface area contributed by atoms with Crippen molar-refractivity contribution in [1.29, 1.82) is 0 Å². The Kier molecular flexibility index (Phi) is 5.38. The molecule has 0 atom stereocenters. The molecule has 2 aromatic rings. The van der Waals surface area contributed by atoms with Crippen LogP contribution in [-0.4, -0.2) is 28.8 Å². The van der Waals surface area contributed by atoms with Gasteiger partial charge in [-0.2, -0.15) is 0 Å². The van der Waals surface area contributed by atoms with Gasteiger partial charge in [-0.3, -0.25) is 4.72 Å². The number of sulfonamides is 1. The summed E-state index contributed by atoms with van der Waals surface area (Å²) in [4.78, 5) is 0.936. The van der Waals surface area contributed by atoms with Gasteiger partial charge in [0.2, 0.25) is 0 Å². The van der Waals surface area contributed by atoms with E-state index in [-0.39, 0.29) is 9.79 Å². The van der Waals surface area contributed by atoms with Crippen molar-refractivity contribution in [1.82, 2.24) is 0 Å². The molecular weight excluding hydrogens is 354 g/mol. The summed E-state index contributed by atoms with van der Waals surface area (Å²) in [5, 5.41) is 0. The average Bonchev–Trinajstić information content (AvgIpc) is 2.48. The Morgan fingerprint density at radius 3 is 2.04 bits per heavy atom. The van der Waals surface area contributed by atoms with Gasteiger partial charge in [-0.05, 0) is 42.2 Å². The van der Waals surface area contributed by atoms with E-state index in [1.54, 1.807) is 12.1 Å². The zero-order valence-electron chi connectivity index (χ0n) is 12.7. The first-order chi connectivity index (χ1) is 10.7. The molecule has 0 heterocycles. The summed E-state index contributed by atoms with van der Waals surface area (Å²) in [5.41, 5.74) is 0.506. The molecule has 0 unspecified atom stereocenters. The summed E-state index contributed by atoms with van der Waals surface area (Å²) in [6, 6.07) is 12.3. The van der Waals surface area contributed by atoms with E-state index in [4.69, 9.17) is 0 Å². The van der Waals surface area contributed by atoms with Crippen LogP contribution in [0.5, 0.6) is 0 Å². The molecule has 0 aliphatic rings. The standard InChI is InChI=1S/C15H17NO4S3/c1-3-21-15-7-5-4-6-14(15)16-23(19,20)13-10-8-12(9-11-13)22(2,17)18/h4-11,16H,3H2,1-2H3. The third-order valence-corrected chi connectivity index (χ3v) is 6.46. The molecule has 0 aliphatic heterocycles. The van der Waals surface area contributed by atoms with Crippen LogP contribution in [0.25, 0.3) is 0 Å². The highest BCUT2D eigenvalue weighted by atomic mass is 32.2. The topological polar surface area (TPSA) is 80.3 Å². The van der Waals surface area contributed by atoms with Gasteiger partial charge in [0.15, 0.2) is 9.84 Å². The molecule has 0 spiro atoms. The third kappa shape index (κ3) is 4.49. The van der Waals surface area contributed by atoms with Crippen LogP contribution in [0, 0.1) is 0 Å². The lowest BCUT2D eigenvalue weighted by Crippen LogP contribution is -2.13. The predicted molar refractivity (Wildman–Crippen MR) is 93.2 cm³/mol. The second-order valence-electron chi connectivity index (χ2n) is 4.78. The molecule has 23 heavy (non-hydrogen) atoms. The van der Waals surface area contributed by atoms with Crippen molar-refractivity contribution in [2.45, 2.75) is 21.6 Å². The van der Waals surface area contributed by atoms with E-state index in [9.17, 15) is 16.8 Å². The zero-order chi connectivity index (χ0) is 17.1.